The van der Waals surface area contributed by atoms with Crippen LogP contribution >= 0.6 is 11.8 Å². The Bertz CT molecular complexity index is 749. The predicted octanol–water partition coefficient (Wildman–Crippen LogP) is 1.37. The number of H-pyrrole nitrogens is 1. The number of benzene rings is 1. The predicted molar refractivity (Wildman–Crippen MR) is 91.6 cm³/mol. The number of methoxy groups -OCH3 is 1. The zero-order valence-corrected chi connectivity index (χ0v) is 14.3. The van der Waals surface area contributed by atoms with E-state index in [-0.39, 0.29) is 23.4 Å². The third-order valence-electron chi connectivity index (χ3n) is 3.81. The van der Waals surface area contributed by atoms with Crippen LogP contribution in [0.1, 0.15) is 24.4 Å². The van der Waals surface area contributed by atoms with Gasteiger partial charge in [0.25, 0.3) is 0 Å². The second-order valence-corrected chi connectivity index (χ2v) is 6.59. The number of aromatic amines is 1. The molecule has 1 aliphatic rings. The maximum absolute atomic E-state index is 11.9. The van der Waals surface area contributed by atoms with Gasteiger partial charge in [-0.1, -0.05) is 23.9 Å². The standard InChI is InChI=1S/C16H20N4O3S/c1-23-13-6-2-11(3-7-13)8-9-17-14(21)10-24-16-19-18-15(22)20(16)12-4-5-12/h2-3,6-7,12H,4-5,8-10H2,1H3,(H,17,21)(H,18,22). The van der Waals surface area contributed by atoms with E-state index in [0.29, 0.717) is 11.7 Å². The van der Waals surface area contributed by atoms with Crippen LogP contribution in [-0.2, 0) is 11.2 Å². The van der Waals surface area contributed by atoms with E-state index in [2.05, 4.69) is 15.5 Å². The molecule has 1 amide bonds. The van der Waals surface area contributed by atoms with E-state index in [1.807, 2.05) is 24.3 Å². The highest BCUT2D eigenvalue weighted by atomic mass is 32.2. The molecule has 0 atom stereocenters. The number of aromatic nitrogens is 3. The first-order chi connectivity index (χ1) is 11.7. The van der Waals surface area contributed by atoms with Crippen molar-refractivity contribution in [3.63, 3.8) is 0 Å². The van der Waals surface area contributed by atoms with Crippen LogP contribution in [0.5, 0.6) is 5.75 Å². The Hall–Kier alpha value is -2.22. The number of amides is 1. The van der Waals surface area contributed by atoms with Gasteiger partial charge in [0.15, 0.2) is 5.16 Å². The quantitative estimate of drug-likeness (QED) is 0.703. The molecule has 3 rings (SSSR count). The summed E-state index contributed by atoms with van der Waals surface area (Å²) in [5, 5.41) is 9.92. The first-order valence-electron chi connectivity index (χ1n) is 7.86. The molecule has 128 valence electrons. The molecule has 1 aromatic carbocycles. The summed E-state index contributed by atoms with van der Waals surface area (Å²) < 4.78 is 6.76. The molecule has 2 N–H and O–H groups in total. The molecule has 1 fully saturated rings. The summed E-state index contributed by atoms with van der Waals surface area (Å²) in [7, 11) is 1.63. The lowest BCUT2D eigenvalue weighted by molar-refractivity contribution is -0.118. The fraction of sp³-hybridized carbons (Fsp3) is 0.438. The zero-order chi connectivity index (χ0) is 16.9. The van der Waals surface area contributed by atoms with Crippen molar-refractivity contribution in [1.82, 2.24) is 20.1 Å². The van der Waals surface area contributed by atoms with Gasteiger partial charge in [-0.05, 0) is 37.0 Å². The molecule has 0 spiro atoms. The van der Waals surface area contributed by atoms with Crippen molar-refractivity contribution in [2.45, 2.75) is 30.5 Å². The lowest BCUT2D eigenvalue weighted by Gasteiger charge is -2.06. The van der Waals surface area contributed by atoms with Gasteiger partial charge in [0, 0.05) is 12.6 Å². The largest absolute Gasteiger partial charge is 0.497 e. The van der Waals surface area contributed by atoms with E-state index in [1.54, 1.807) is 11.7 Å². The average molecular weight is 348 g/mol. The zero-order valence-electron chi connectivity index (χ0n) is 13.4. The number of carbonyl (C=O) groups excluding carboxylic acids is 1. The Balaban J connectivity index is 1.42. The van der Waals surface area contributed by atoms with Crippen molar-refractivity contribution in [3.05, 3.63) is 40.3 Å². The topological polar surface area (TPSA) is 89.0 Å². The Morgan fingerprint density at radius 2 is 2.17 bits per heavy atom. The Morgan fingerprint density at radius 3 is 2.83 bits per heavy atom. The third-order valence-corrected chi connectivity index (χ3v) is 4.76. The highest BCUT2D eigenvalue weighted by molar-refractivity contribution is 7.99. The summed E-state index contributed by atoms with van der Waals surface area (Å²) in [6, 6.07) is 8.02. The molecule has 0 unspecified atom stereocenters. The molecule has 1 aliphatic carbocycles. The summed E-state index contributed by atoms with van der Waals surface area (Å²) in [4.78, 5) is 23.6. The first-order valence-corrected chi connectivity index (χ1v) is 8.85. The van der Waals surface area contributed by atoms with Crippen LogP contribution in [0.15, 0.2) is 34.2 Å². The van der Waals surface area contributed by atoms with Gasteiger partial charge in [-0.2, -0.15) is 0 Å². The third kappa shape index (κ3) is 4.19. The Morgan fingerprint density at radius 1 is 1.42 bits per heavy atom. The number of thioether (sulfide) groups is 1. The van der Waals surface area contributed by atoms with Crippen molar-refractivity contribution >= 4 is 17.7 Å². The number of ether oxygens (including phenoxy) is 1. The minimum atomic E-state index is -0.195. The van der Waals surface area contributed by atoms with E-state index in [0.717, 1.165) is 30.6 Å². The number of hydrogen-bond donors (Lipinski definition) is 2. The molecule has 7 nitrogen and oxygen atoms in total. The van der Waals surface area contributed by atoms with Gasteiger partial charge in [-0.15, -0.1) is 5.10 Å². The van der Waals surface area contributed by atoms with Gasteiger partial charge in [-0.25, -0.2) is 9.89 Å². The monoisotopic (exact) mass is 348 g/mol. The molecule has 0 radical (unpaired) electrons. The van der Waals surface area contributed by atoms with Crippen LogP contribution in [0.3, 0.4) is 0 Å². The molecule has 0 aliphatic heterocycles. The molecule has 1 saturated carbocycles. The van der Waals surface area contributed by atoms with Crippen LogP contribution in [0, 0.1) is 0 Å². The summed E-state index contributed by atoms with van der Waals surface area (Å²) in [6.07, 6.45) is 2.76. The summed E-state index contributed by atoms with van der Waals surface area (Å²) in [5.74, 6) is 1.01. The SMILES string of the molecule is COc1ccc(CCNC(=O)CSc2n[nH]c(=O)n2C2CC2)cc1. The maximum atomic E-state index is 11.9. The molecular formula is C16H20N4O3S. The van der Waals surface area contributed by atoms with Crippen LogP contribution in [0.4, 0.5) is 0 Å². The summed E-state index contributed by atoms with van der Waals surface area (Å²) in [5.41, 5.74) is 0.943. The van der Waals surface area contributed by atoms with E-state index in [4.69, 9.17) is 4.74 Å². The van der Waals surface area contributed by atoms with Crippen molar-refractivity contribution in [3.8, 4) is 5.75 Å². The summed E-state index contributed by atoms with van der Waals surface area (Å²) in [6.45, 7) is 0.571. The van der Waals surface area contributed by atoms with Crippen LogP contribution < -0.4 is 15.7 Å². The second-order valence-electron chi connectivity index (χ2n) is 5.65. The van der Waals surface area contributed by atoms with Gasteiger partial charge < -0.3 is 10.1 Å². The van der Waals surface area contributed by atoms with Crippen molar-refractivity contribution in [2.24, 2.45) is 0 Å². The average Bonchev–Trinajstić information content (AvgIpc) is 3.36. The van der Waals surface area contributed by atoms with Gasteiger partial charge >= 0.3 is 5.69 Å². The lowest BCUT2D eigenvalue weighted by atomic mass is 10.1. The fourth-order valence-corrected chi connectivity index (χ4v) is 3.21. The highest BCUT2D eigenvalue weighted by Gasteiger charge is 2.28. The van der Waals surface area contributed by atoms with Crippen LogP contribution in [-0.4, -0.2) is 40.1 Å². The van der Waals surface area contributed by atoms with Gasteiger partial charge in [0.1, 0.15) is 5.75 Å². The molecule has 0 saturated heterocycles. The molecule has 8 heteroatoms. The molecule has 1 aromatic heterocycles. The number of nitrogens with zero attached hydrogens (tertiary/aromatic N) is 2. The minimum Gasteiger partial charge on any atom is -0.497 e. The Labute approximate surface area is 143 Å². The highest BCUT2D eigenvalue weighted by Crippen LogP contribution is 2.35. The second kappa shape index (κ2) is 7.57. The van der Waals surface area contributed by atoms with E-state index < -0.39 is 0 Å². The smallest absolute Gasteiger partial charge is 0.344 e. The van der Waals surface area contributed by atoms with Crippen molar-refractivity contribution in [2.75, 3.05) is 19.4 Å². The van der Waals surface area contributed by atoms with Crippen molar-refractivity contribution in [1.29, 1.82) is 0 Å². The number of nitrogens with one attached hydrogen (secondary N) is 2. The fourth-order valence-electron chi connectivity index (χ4n) is 2.37. The molecule has 0 bridgehead atoms. The van der Waals surface area contributed by atoms with Crippen LogP contribution in [0.25, 0.3) is 0 Å². The van der Waals surface area contributed by atoms with Gasteiger partial charge in [0.2, 0.25) is 5.91 Å². The summed E-state index contributed by atoms with van der Waals surface area (Å²) >= 11 is 1.29. The van der Waals surface area contributed by atoms with E-state index in [1.165, 1.54) is 11.8 Å². The molecule has 24 heavy (non-hydrogen) atoms. The lowest BCUT2D eigenvalue weighted by Crippen LogP contribution is -2.27. The van der Waals surface area contributed by atoms with E-state index in [9.17, 15) is 9.59 Å². The number of carbonyl (C=O) groups is 1. The van der Waals surface area contributed by atoms with Crippen molar-refractivity contribution < 1.29 is 9.53 Å². The number of rotatable bonds is 8. The van der Waals surface area contributed by atoms with Gasteiger partial charge in [0.05, 0.1) is 12.9 Å². The van der Waals surface area contributed by atoms with Crippen LogP contribution in [0.2, 0.25) is 0 Å². The van der Waals surface area contributed by atoms with E-state index >= 15 is 0 Å². The molecule has 1 heterocycles. The molecular weight excluding hydrogens is 328 g/mol. The van der Waals surface area contributed by atoms with Gasteiger partial charge in [-0.3, -0.25) is 9.36 Å². The Kier molecular flexibility index (Phi) is 5.24. The normalized spacial score (nSPS) is 13.7. The first kappa shape index (κ1) is 16.6. The molecule has 2 aromatic rings. The minimum absolute atomic E-state index is 0.0636. The number of hydrogen-bond acceptors (Lipinski definition) is 5. The maximum Gasteiger partial charge on any atom is 0.344 e.